The number of ether oxygens (including phenoxy) is 1. The SMILES string of the molecule is CCO[C@]1(C(=O)O)CCN(C2CCCC2)C1. The molecule has 0 amide bonds. The minimum absolute atomic E-state index is 0.477. The van der Waals surface area contributed by atoms with Gasteiger partial charge in [0.25, 0.3) is 0 Å². The highest BCUT2D eigenvalue weighted by Crippen LogP contribution is 2.32. The van der Waals surface area contributed by atoms with Gasteiger partial charge in [0, 0.05) is 32.2 Å². The van der Waals surface area contributed by atoms with Crippen molar-refractivity contribution in [3.8, 4) is 0 Å². The number of nitrogens with zero attached hydrogens (tertiary/aromatic N) is 1. The fraction of sp³-hybridized carbons (Fsp3) is 0.917. The third kappa shape index (κ3) is 2.09. The smallest absolute Gasteiger partial charge is 0.337 e. The van der Waals surface area contributed by atoms with Crippen LogP contribution in [0.4, 0.5) is 0 Å². The van der Waals surface area contributed by atoms with E-state index in [1.165, 1.54) is 25.7 Å². The molecule has 1 saturated carbocycles. The molecule has 0 bridgehead atoms. The molecule has 1 heterocycles. The summed E-state index contributed by atoms with van der Waals surface area (Å²) in [7, 11) is 0. The van der Waals surface area contributed by atoms with Crippen molar-refractivity contribution in [3.05, 3.63) is 0 Å². The number of carbonyl (C=O) groups is 1. The van der Waals surface area contributed by atoms with E-state index in [4.69, 9.17) is 4.74 Å². The van der Waals surface area contributed by atoms with Gasteiger partial charge < -0.3 is 9.84 Å². The van der Waals surface area contributed by atoms with Crippen LogP contribution in [0.3, 0.4) is 0 Å². The lowest BCUT2D eigenvalue weighted by Gasteiger charge is -2.27. The largest absolute Gasteiger partial charge is 0.479 e. The molecule has 4 nitrogen and oxygen atoms in total. The van der Waals surface area contributed by atoms with Crippen molar-refractivity contribution in [3.63, 3.8) is 0 Å². The second kappa shape index (κ2) is 4.72. The molecular formula is C12H21NO3. The Hall–Kier alpha value is -0.610. The number of carboxylic acid groups (broad SMARTS) is 1. The number of aliphatic carboxylic acids is 1. The number of likely N-dealkylation sites (tertiary alicyclic amines) is 1. The first-order chi connectivity index (χ1) is 7.68. The average Bonchev–Trinajstić information content (AvgIpc) is 2.84. The summed E-state index contributed by atoms with van der Waals surface area (Å²) < 4.78 is 5.50. The number of hydrogen-bond donors (Lipinski definition) is 1. The van der Waals surface area contributed by atoms with Gasteiger partial charge in [-0.1, -0.05) is 12.8 Å². The van der Waals surface area contributed by atoms with Crippen LogP contribution >= 0.6 is 0 Å². The van der Waals surface area contributed by atoms with E-state index in [0.29, 0.717) is 25.6 Å². The Balaban J connectivity index is 2.00. The molecule has 0 aromatic heterocycles. The fourth-order valence-electron chi connectivity index (χ4n) is 3.02. The molecule has 1 N–H and O–H groups in total. The van der Waals surface area contributed by atoms with Crippen LogP contribution in [0.1, 0.15) is 39.0 Å². The van der Waals surface area contributed by atoms with Crippen LogP contribution in [0, 0.1) is 0 Å². The quantitative estimate of drug-likeness (QED) is 0.790. The second-order valence-electron chi connectivity index (χ2n) is 4.89. The Labute approximate surface area is 96.6 Å². The van der Waals surface area contributed by atoms with E-state index in [1.54, 1.807) is 0 Å². The monoisotopic (exact) mass is 227 g/mol. The van der Waals surface area contributed by atoms with Gasteiger partial charge in [-0.05, 0) is 19.8 Å². The highest BCUT2D eigenvalue weighted by atomic mass is 16.5. The van der Waals surface area contributed by atoms with Crippen LogP contribution in [0.25, 0.3) is 0 Å². The fourth-order valence-corrected chi connectivity index (χ4v) is 3.02. The van der Waals surface area contributed by atoms with Crippen LogP contribution < -0.4 is 0 Å². The lowest BCUT2D eigenvalue weighted by Crippen LogP contribution is -2.45. The van der Waals surface area contributed by atoms with Crippen molar-refractivity contribution in [2.45, 2.75) is 50.7 Å². The number of carboxylic acids is 1. The lowest BCUT2D eigenvalue weighted by atomic mass is 10.0. The summed E-state index contributed by atoms with van der Waals surface area (Å²) in [6, 6.07) is 0.599. The summed E-state index contributed by atoms with van der Waals surface area (Å²) in [4.78, 5) is 13.6. The Bertz CT molecular complexity index is 263. The first kappa shape index (κ1) is 11.9. The Kier molecular flexibility index (Phi) is 3.50. The van der Waals surface area contributed by atoms with E-state index in [1.807, 2.05) is 6.92 Å². The molecule has 2 rings (SSSR count). The molecule has 1 atom stereocenters. The first-order valence-electron chi connectivity index (χ1n) is 6.29. The molecule has 16 heavy (non-hydrogen) atoms. The molecule has 92 valence electrons. The molecule has 0 aromatic rings. The minimum Gasteiger partial charge on any atom is -0.479 e. The molecule has 1 aliphatic heterocycles. The van der Waals surface area contributed by atoms with E-state index in [2.05, 4.69) is 4.90 Å². The topological polar surface area (TPSA) is 49.8 Å². The normalized spacial score (nSPS) is 32.3. The molecule has 1 saturated heterocycles. The van der Waals surface area contributed by atoms with Crippen molar-refractivity contribution in [1.29, 1.82) is 0 Å². The highest BCUT2D eigenvalue weighted by molar-refractivity contribution is 5.78. The lowest BCUT2D eigenvalue weighted by molar-refractivity contribution is -0.163. The molecule has 0 aromatic carbocycles. The van der Waals surface area contributed by atoms with Gasteiger partial charge in [0.1, 0.15) is 0 Å². The van der Waals surface area contributed by atoms with Gasteiger partial charge >= 0.3 is 5.97 Å². The zero-order valence-corrected chi connectivity index (χ0v) is 9.95. The first-order valence-corrected chi connectivity index (χ1v) is 6.29. The van der Waals surface area contributed by atoms with Crippen molar-refractivity contribution in [1.82, 2.24) is 4.90 Å². The predicted octanol–water partition coefficient (Wildman–Crippen LogP) is 1.49. The number of rotatable bonds is 4. The Morgan fingerprint density at radius 3 is 2.75 bits per heavy atom. The van der Waals surface area contributed by atoms with E-state index in [0.717, 1.165) is 6.54 Å². The molecule has 0 radical (unpaired) electrons. The van der Waals surface area contributed by atoms with Crippen LogP contribution in [-0.2, 0) is 9.53 Å². The van der Waals surface area contributed by atoms with Gasteiger partial charge in [0.05, 0.1) is 0 Å². The minimum atomic E-state index is -0.933. The summed E-state index contributed by atoms with van der Waals surface area (Å²) in [5.74, 6) is -0.796. The molecule has 0 spiro atoms. The van der Waals surface area contributed by atoms with Crippen molar-refractivity contribution >= 4 is 5.97 Å². The van der Waals surface area contributed by atoms with Gasteiger partial charge in [-0.2, -0.15) is 0 Å². The predicted molar refractivity (Wildman–Crippen MR) is 60.4 cm³/mol. The van der Waals surface area contributed by atoms with E-state index in [-0.39, 0.29) is 0 Å². The summed E-state index contributed by atoms with van der Waals surface area (Å²) in [5.41, 5.74) is -0.933. The van der Waals surface area contributed by atoms with Crippen LogP contribution in [0.5, 0.6) is 0 Å². The Morgan fingerprint density at radius 1 is 1.50 bits per heavy atom. The standard InChI is InChI=1S/C12H21NO3/c1-2-16-12(11(14)15)7-8-13(9-12)10-5-3-4-6-10/h10H,2-9H2,1H3,(H,14,15)/t12-/m1/s1. The zero-order valence-electron chi connectivity index (χ0n) is 9.95. The average molecular weight is 227 g/mol. The van der Waals surface area contributed by atoms with Gasteiger partial charge in [-0.3, -0.25) is 4.90 Å². The van der Waals surface area contributed by atoms with Crippen LogP contribution in [0.15, 0.2) is 0 Å². The van der Waals surface area contributed by atoms with Gasteiger partial charge in [-0.25, -0.2) is 4.79 Å². The summed E-state index contributed by atoms with van der Waals surface area (Å²) >= 11 is 0. The summed E-state index contributed by atoms with van der Waals surface area (Å²) in [6.45, 7) is 3.78. The van der Waals surface area contributed by atoms with E-state index >= 15 is 0 Å². The third-order valence-electron chi connectivity index (χ3n) is 3.91. The maximum atomic E-state index is 11.3. The molecule has 4 heteroatoms. The molecular weight excluding hydrogens is 206 g/mol. The summed E-state index contributed by atoms with van der Waals surface area (Å²) in [6.07, 6.45) is 5.65. The maximum absolute atomic E-state index is 11.3. The molecule has 2 aliphatic rings. The van der Waals surface area contributed by atoms with Crippen molar-refractivity contribution in [2.24, 2.45) is 0 Å². The maximum Gasteiger partial charge on any atom is 0.337 e. The number of hydrogen-bond acceptors (Lipinski definition) is 3. The zero-order chi connectivity index (χ0) is 11.6. The van der Waals surface area contributed by atoms with Crippen LogP contribution in [-0.4, -0.2) is 47.3 Å². The van der Waals surface area contributed by atoms with Crippen molar-refractivity contribution < 1.29 is 14.6 Å². The van der Waals surface area contributed by atoms with Gasteiger partial charge in [0.2, 0.25) is 0 Å². The van der Waals surface area contributed by atoms with Gasteiger partial charge in [-0.15, -0.1) is 0 Å². The van der Waals surface area contributed by atoms with Gasteiger partial charge in [0.15, 0.2) is 5.60 Å². The highest BCUT2D eigenvalue weighted by Gasteiger charge is 2.47. The van der Waals surface area contributed by atoms with Crippen LogP contribution in [0.2, 0.25) is 0 Å². The van der Waals surface area contributed by atoms with E-state index in [9.17, 15) is 9.90 Å². The summed E-state index contributed by atoms with van der Waals surface area (Å²) in [5, 5.41) is 9.30. The van der Waals surface area contributed by atoms with E-state index < -0.39 is 11.6 Å². The second-order valence-corrected chi connectivity index (χ2v) is 4.89. The molecule has 0 unspecified atom stereocenters. The molecule has 1 aliphatic carbocycles. The van der Waals surface area contributed by atoms with Crippen molar-refractivity contribution in [2.75, 3.05) is 19.7 Å². The Morgan fingerprint density at radius 2 is 2.19 bits per heavy atom. The molecule has 2 fully saturated rings. The third-order valence-corrected chi connectivity index (χ3v) is 3.91.